The molecule has 0 saturated carbocycles. The summed E-state index contributed by atoms with van der Waals surface area (Å²) in [5, 5.41) is 10.5. The number of aromatic hydroxyl groups is 1. The molecule has 2 rings (SSSR count). The number of fused-ring (bicyclic) bond motifs is 1. The number of pyridine rings is 1. The quantitative estimate of drug-likeness (QED) is 0.841. The highest BCUT2D eigenvalue weighted by molar-refractivity contribution is 6.41. The lowest BCUT2D eigenvalue weighted by Gasteiger charge is -2.14. The van der Waals surface area contributed by atoms with Crippen LogP contribution in [-0.4, -0.2) is 43.4 Å². The van der Waals surface area contributed by atoms with Gasteiger partial charge in [0.25, 0.3) is 0 Å². The van der Waals surface area contributed by atoms with Crippen molar-refractivity contribution in [2.75, 3.05) is 21.3 Å². The number of hydrogen-bond donors (Lipinski definition) is 1. The molecule has 0 aliphatic heterocycles. The van der Waals surface area contributed by atoms with E-state index in [4.69, 9.17) is 27.9 Å². The molecule has 0 aliphatic carbocycles. The molecule has 1 N–H and O–H groups in total. The zero-order valence-electron chi connectivity index (χ0n) is 12.3. The predicted molar refractivity (Wildman–Crippen MR) is 82.7 cm³/mol. The van der Waals surface area contributed by atoms with Crippen LogP contribution in [0, 0.1) is 0 Å². The smallest absolute Gasteiger partial charge is 0.357 e. The normalized spacial score (nSPS) is 10.5. The van der Waals surface area contributed by atoms with Crippen LogP contribution < -0.4 is 4.74 Å². The van der Waals surface area contributed by atoms with Gasteiger partial charge in [0.1, 0.15) is 11.3 Å². The molecular weight excluding hydrogens is 349 g/mol. The maximum Gasteiger partial charge on any atom is 0.357 e. The van der Waals surface area contributed by atoms with E-state index < -0.39 is 28.9 Å². The van der Waals surface area contributed by atoms with Crippen molar-refractivity contribution in [1.29, 1.82) is 0 Å². The van der Waals surface area contributed by atoms with E-state index in [9.17, 15) is 14.7 Å². The van der Waals surface area contributed by atoms with Gasteiger partial charge in [0.15, 0.2) is 11.4 Å². The molecule has 0 atom stereocenters. The van der Waals surface area contributed by atoms with E-state index in [1.54, 1.807) is 0 Å². The van der Waals surface area contributed by atoms with E-state index in [0.29, 0.717) is 0 Å². The predicted octanol–water partition coefficient (Wildman–Crippen LogP) is 2.83. The van der Waals surface area contributed by atoms with Gasteiger partial charge in [0, 0.05) is 0 Å². The molecule has 9 heteroatoms. The average molecular weight is 360 g/mol. The van der Waals surface area contributed by atoms with Crippen molar-refractivity contribution in [3.63, 3.8) is 0 Å². The van der Waals surface area contributed by atoms with Gasteiger partial charge >= 0.3 is 11.9 Å². The Morgan fingerprint density at radius 2 is 1.74 bits per heavy atom. The van der Waals surface area contributed by atoms with E-state index in [1.807, 2.05) is 0 Å². The van der Waals surface area contributed by atoms with Gasteiger partial charge in [-0.1, -0.05) is 23.2 Å². The van der Waals surface area contributed by atoms with Crippen LogP contribution in [0.2, 0.25) is 10.0 Å². The Balaban J connectivity index is 2.99. The molecular formula is C14H11Cl2NO6. The van der Waals surface area contributed by atoms with Crippen molar-refractivity contribution in [2.45, 2.75) is 0 Å². The van der Waals surface area contributed by atoms with Crippen LogP contribution in [0.15, 0.2) is 6.07 Å². The number of halogens is 2. The fourth-order valence-corrected chi connectivity index (χ4v) is 2.73. The second kappa shape index (κ2) is 6.47. The average Bonchev–Trinajstić information content (AvgIpc) is 2.52. The van der Waals surface area contributed by atoms with Crippen LogP contribution >= 0.6 is 23.2 Å². The van der Waals surface area contributed by atoms with E-state index in [2.05, 4.69) is 14.5 Å². The Bertz CT molecular complexity index is 821. The Morgan fingerprint density at radius 1 is 1.13 bits per heavy atom. The van der Waals surface area contributed by atoms with Gasteiger partial charge in [-0.2, -0.15) is 0 Å². The minimum Gasteiger partial charge on any atom is -0.506 e. The number of hydrogen-bond acceptors (Lipinski definition) is 7. The monoisotopic (exact) mass is 359 g/mol. The van der Waals surface area contributed by atoms with Gasteiger partial charge in [0.05, 0.1) is 42.3 Å². The third-order valence-electron chi connectivity index (χ3n) is 3.07. The summed E-state index contributed by atoms with van der Waals surface area (Å²) < 4.78 is 14.2. The topological polar surface area (TPSA) is 95.0 Å². The number of esters is 2. The van der Waals surface area contributed by atoms with Crippen molar-refractivity contribution in [3.05, 3.63) is 27.4 Å². The van der Waals surface area contributed by atoms with E-state index in [1.165, 1.54) is 13.2 Å². The minimum absolute atomic E-state index is 0.000898. The van der Waals surface area contributed by atoms with E-state index in [0.717, 1.165) is 14.2 Å². The molecule has 0 aliphatic rings. The summed E-state index contributed by atoms with van der Waals surface area (Å²) in [7, 11) is 3.55. The second-order valence-electron chi connectivity index (χ2n) is 4.27. The third kappa shape index (κ3) is 2.73. The first kappa shape index (κ1) is 17.1. The van der Waals surface area contributed by atoms with Gasteiger partial charge in [0.2, 0.25) is 0 Å². The van der Waals surface area contributed by atoms with Crippen molar-refractivity contribution in [3.8, 4) is 11.5 Å². The van der Waals surface area contributed by atoms with Gasteiger partial charge < -0.3 is 19.3 Å². The Kier molecular flexibility index (Phi) is 4.82. The summed E-state index contributed by atoms with van der Waals surface area (Å²) in [4.78, 5) is 27.8. The molecule has 0 amide bonds. The standard InChI is InChI=1S/C14H11Cl2NO6/c1-21-12-5(15)4-6-7(9(12)16)11(18)8(13(19)22-2)10(17-6)14(20)23-3/h4H,1-3H3,(H,17,18). The first-order valence-electron chi connectivity index (χ1n) is 6.12. The number of benzene rings is 1. The van der Waals surface area contributed by atoms with Crippen LogP contribution in [0.5, 0.6) is 11.5 Å². The Morgan fingerprint density at radius 3 is 2.26 bits per heavy atom. The van der Waals surface area contributed by atoms with Gasteiger partial charge in [-0.05, 0) is 6.07 Å². The highest BCUT2D eigenvalue weighted by Crippen LogP contribution is 2.43. The largest absolute Gasteiger partial charge is 0.506 e. The van der Waals surface area contributed by atoms with Crippen LogP contribution in [0.3, 0.4) is 0 Å². The molecule has 0 unspecified atom stereocenters. The summed E-state index contributed by atoms with van der Waals surface area (Å²) >= 11 is 12.2. The number of carbonyl (C=O) groups excluding carboxylic acids is 2. The molecule has 0 radical (unpaired) electrons. The summed E-state index contributed by atoms with van der Waals surface area (Å²) in [5.41, 5.74) is -0.786. The zero-order chi connectivity index (χ0) is 17.3. The molecule has 23 heavy (non-hydrogen) atoms. The Labute approximate surface area is 140 Å². The summed E-state index contributed by atoms with van der Waals surface area (Å²) in [6, 6.07) is 1.34. The molecule has 0 fully saturated rings. The van der Waals surface area contributed by atoms with Crippen molar-refractivity contribution in [2.24, 2.45) is 0 Å². The number of aromatic nitrogens is 1. The molecule has 122 valence electrons. The van der Waals surface area contributed by atoms with Crippen LogP contribution in [0.25, 0.3) is 10.9 Å². The van der Waals surface area contributed by atoms with Crippen molar-refractivity contribution < 1.29 is 28.9 Å². The van der Waals surface area contributed by atoms with Gasteiger partial charge in [-0.15, -0.1) is 0 Å². The van der Waals surface area contributed by atoms with E-state index in [-0.39, 0.29) is 26.7 Å². The Hall–Kier alpha value is -2.25. The molecule has 0 spiro atoms. The number of nitrogens with zero attached hydrogens (tertiary/aromatic N) is 1. The lowest BCUT2D eigenvalue weighted by atomic mass is 10.1. The van der Waals surface area contributed by atoms with Crippen molar-refractivity contribution >= 4 is 46.0 Å². The molecule has 0 saturated heterocycles. The highest BCUT2D eigenvalue weighted by atomic mass is 35.5. The minimum atomic E-state index is -0.970. The second-order valence-corrected chi connectivity index (χ2v) is 5.05. The number of methoxy groups -OCH3 is 3. The number of rotatable bonds is 3. The van der Waals surface area contributed by atoms with E-state index >= 15 is 0 Å². The first-order valence-corrected chi connectivity index (χ1v) is 6.88. The molecule has 1 aromatic heterocycles. The fourth-order valence-electron chi connectivity index (χ4n) is 2.04. The van der Waals surface area contributed by atoms with Crippen LogP contribution in [0.1, 0.15) is 20.8 Å². The third-order valence-corrected chi connectivity index (χ3v) is 3.71. The first-order chi connectivity index (χ1) is 10.9. The van der Waals surface area contributed by atoms with Crippen LogP contribution in [0.4, 0.5) is 0 Å². The SMILES string of the molecule is COC(=O)c1nc2cc(Cl)c(OC)c(Cl)c2c(O)c1C(=O)OC. The summed E-state index contributed by atoms with van der Waals surface area (Å²) in [6.45, 7) is 0. The molecule has 2 aromatic rings. The molecule has 0 bridgehead atoms. The molecule has 7 nitrogen and oxygen atoms in total. The molecule has 1 heterocycles. The lowest BCUT2D eigenvalue weighted by molar-refractivity contribution is 0.0547. The summed E-state index contributed by atoms with van der Waals surface area (Å²) in [6.07, 6.45) is 0. The number of carbonyl (C=O) groups is 2. The maximum atomic E-state index is 11.9. The molecule has 1 aromatic carbocycles. The maximum absolute atomic E-state index is 11.9. The highest BCUT2D eigenvalue weighted by Gasteiger charge is 2.29. The zero-order valence-corrected chi connectivity index (χ0v) is 13.8. The van der Waals surface area contributed by atoms with Gasteiger partial charge in [-0.3, -0.25) is 0 Å². The van der Waals surface area contributed by atoms with Crippen molar-refractivity contribution in [1.82, 2.24) is 4.98 Å². The summed E-state index contributed by atoms with van der Waals surface area (Å²) in [5.74, 6) is -2.38. The van der Waals surface area contributed by atoms with Crippen LogP contribution in [-0.2, 0) is 9.47 Å². The lowest BCUT2D eigenvalue weighted by Crippen LogP contribution is -2.14. The number of ether oxygens (including phenoxy) is 3. The van der Waals surface area contributed by atoms with Gasteiger partial charge in [-0.25, -0.2) is 14.6 Å². The fraction of sp³-hybridized carbons (Fsp3) is 0.214.